The van der Waals surface area contributed by atoms with E-state index in [-0.39, 0.29) is 11.6 Å². The summed E-state index contributed by atoms with van der Waals surface area (Å²) in [6.07, 6.45) is 7.86. The van der Waals surface area contributed by atoms with Crippen LogP contribution in [0.3, 0.4) is 0 Å². The molecule has 0 aromatic carbocycles. The van der Waals surface area contributed by atoms with Crippen molar-refractivity contribution in [3.63, 3.8) is 0 Å². The summed E-state index contributed by atoms with van der Waals surface area (Å²) in [6.45, 7) is 3.72. The average Bonchev–Trinajstić information content (AvgIpc) is 3.25. The smallest absolute Gasteiger partial charge is 0.230 e. The van der Waals surface area contributed by atoms with E-state index in [0.717, 1.165) is 51.9 Å². The number of nitrogens with zero attached hydrogens (tertiary/aromatic N) is 2. The number of nitrogens with one attached hydrogen (secondary N) is 4. The largest absolute Gasteiger partial charge is 0.325 e. The minimum absolute atomic E-state index is 0.100. The lowest BCUT2D eigenvalue weighted by Crippen LogP contribution is -2.52. The van der Waals surface area contributed by atoms with E-state index < -0.39 is 0 Å². The first-order chi connectivity index (χ1) is 12.8. The highest BCUT2D eigenvalue weighted by atomic mass is 16.2. The fourth-order valence-corrected chi connectivity index (χ4v) is 5.37. The van der Waals surface area contributed by atoms with Crippen molar-refractivity contribution in [1.82, 2.24) is 31.4 Å². The van der Waals surface area contributed by atoms with Gasteiger partial charge in [-0.25, -0.2) is 5.43 Å². The molecule has 1 aromatic rings. The Morgan fingerprint density at radius 1 is 1.19 bits per heavy atom. The molecule has 140 valence electrons. The molecule has 0 bridgehead atoms. The highest BCUT2D eigenvalue weighted by Crippen LogP contribution is 2.43. The molecule has 0 saturated carbocycles. The molecule has 4 unspecified atom stereocenters. The van der Waals surface area contributed by atoms with Crippen molar-refractivity contribution in [2.45, 2.75) is 43.9 Å². The van der Waals surface area contributed by atoms with Gasteiger partial charge in [-0.1, -0.05) is 6.07 Å². The van der Waals surface area contributed by atoms with Crippen LogP contribution in [-0.2, 0) is 4.79 Å². The topological polar surface area (TPSA) is 81.3 Å². The lowest BCUT2D eigenvalue weighted by molar-refractivity contribution is -0.140. The minimum atomic E-state index is -0.110. The fraction of sp³-hybridized carbons (Fsp3) is 0.684. The van der Waals surface area contributed by atoms with Gasteiger partial charge < -0.3 is 15.5 Å². The maximum Gasteiger partial charge on any atom is 0.230 e. The number of hydrazine groups is 1. The zero-order valence-corrected chi connectivity index (χ0v) is 15.1. The summed E-state index contributed by atoms with van der Waals surface area (Å²) in [5.41, 5.74) is 8.01. The van der Waals surface area contributed by atoms with Crippen LogP contribution < -0.4 is 21.5 Å². The molecule has 4 N–H and O–H groups in total. The molecular formula is C19H28N6O. The number of hydrogen-bond acceptors (Lipinski definition) is 6. The van der Waals surface area contributed by atoms with Crippen LogP contribution in [0.15, 0.2) is 24.5 Å². The first-order valence-electron chi connectivity index (χ1n) is 9.93. The Balaban J connectivity index is 1.33. The van der Waals surface area contributed by atoms with E-state index in [1.807, 2.05) is 18.5 Å². The summed E-state index contributed by atoms with van der Waals surface area (Å²) in [5, 5.41) is 7.03. The van der Waals surface area contributed by atoms with Gasteiger partial charge in [0.1, 0.15) is 0 Å². The molecule has 4 saturated heterocycles. The van der Waals surface area contributed by atoms with E-state index >= 15 is 0 Å². The standard InChI is InChI=1S/C19H28N6O/c26-18-19(3-7-20-8-4-19)5-9-25(18)17-14-10-15(13-2-1-6-21-11-13)22-12-16(14)23-24-17/h1-2,6,11,14-17,20,22-24H,3-5,7-10,12H2. The summed E-state index contributed by atoms with van der Waals surface area (Å²) in [4.78, 5) is 19.7. The number of amides is 1. The number of hydrogen-bond donors (Lipinski definition) is 4. The fourth-order valence-electron chi connectivity index (χ4n) is 5.37. The normalized spacial score (nSPS) is 36.5. The highest BCUT2D eigenvalue weighted by molar-refractivity contribution is 5.85. The number of piperidine rings is 2. The summed E-state index contributed by atoms with van der Waals surface area (Å²) < 4.78 is 0. The molecule has 5 heterocycles. The van der Waals surface area contributed by atoms with Gasteiger partial charge in [0.2, 0.25) is 5.91 Å². The molecule has 4 aliphatic heterocycles. The van der Waals surface area contributed by atoms with Crippen molar-refractivity contribution >= 4 is 5.91 Å². The Hall–Kier alpha value is -1.54. The molecule has 1 spiro atoms. The second kappa shape index (κ2) is 6.56. The SMILES string of the molecule is O=C1N(C2NNC3CNC(c4cccnc4)CC32)CCC12CCNCC2. The van der Waals surface area contributed by atoms with Crippen LogP contribution in [0.2, 0.25) is 0 Å². The van der Waals surface area contributed by atoms with Gasteiger partial charge in [0.15, 0.2) is 0 Å². The van der Waals surface area contributed by atoms with Crippen molar-refractivity contribution in [3.8, 4) is 0 Å². The van der Waals surface area contributed by atoms with E-state index in [1.54, 1.807) is 0 Å². The third kappa shape index (κ3) is 2.65. The summed E-state index contributed by atoms with van der Waals surface area (Å²) in [5.74, 6) is 0.790. The Labute approximate surface area is 154 Å². The molecular weight excluding hydrogens is 328 g/mol. The van der Waals surface area contributed by atoms with Crippen molar-refractivity contribution < 1.29 is 4.79 Å². The van der Waals surface area contributed by atoms with Crippen LogP contribution in [-0.4, -0.2) is 54.2 Å². The summed E-state index contributed by atoms with van der Waals surface area (Å²) in [6, 6.07) is 4.81. The van der Waals surface area contributed by atoms with Crippen LogP contribution in [0.25, 0.3) is 0 Å². The first-order valence-corrected chi connectivity index (χ1v) is 9.93. The second-order valence-corrected chi connectivity index (χ2v) is 8.27. The molecule has 1 amide bonds. The highest BCUT2D eigenvalue weighted by Gasteiger charge is 2.52. The lowest BCUT2D eigenvalue weighted by Gasteiger charge is -2.38. The maximum absolute atomic E-state index is 13.3. The minimum Gasteiger partial charge on any atom is -0.325 e. The molecule has 4 atom stereocenters. The lowest BCUT2D eigenvalue weighted by atomic mass is 9.77. The van der Waals surface area contributed by atoms with Gasteiger partial charge in [-0.15, -0.1) is 0 Å². The summed E-state index contributed by atoms with van der Waals surface area (Å²) >= 11 is 0. The van der Waals surface area contributed by atoms with E-state index in [9.17, 15) is 4.79 Å². The number of pyridine rings is 1. The number of fused-ring (bicyclic) bond motifs is 1. The number of aromatic nitrogens is 1. The molecule has 4 aliphatic rings. The van der Waals surface area contributed by atoms with Crippen molar-refractivity contribution in [2.75, 3.05) is 26.2 Å². The van der Waals surface area contributed by atoms with Gasteiger partial charge in [-0.3, -0.25) is 15.2 Å². The molecule has 7 nitrogen and oxygen atoms in total. The zero-order chi connectivity index (χ0) is 17.6. The molecule has 0 aliphatic carbocycles. The average molecular weight is 356 g/mol. The molecule has 7 heteroatoms. The van der Waals surface area contributed by atoms with Crippen molar-refractivity contribution in [1.29, 1.82) is 0 Å². The van der Waals surface area contributed by atoms with Crippen LogP contribution in [0, 0.1) is 11.3 Å². The van der Waals surface area contributed by atoms with Gasteiger partial charge in [0, 0.05) is 43.5 Å². The Bertz CT molecular complexity index is 661. The molecule has 5 rings (SSSR count). The maximum atomic E-state index is 13.3. The Kier molecular flexibility index (Phi) is 4.20. The third-order valence-electron chi connectivity index (χ3n) is 6.96. The van der Waals surface area contributed by atoms with Gasteiger partial charge in [0.05, 0.1) is 11.6 Å². The van der Waals surface area contributed by atoms with Crippen LogP contribution in [0.4, 0.5) is 0 Å². The predicted molar refractivity (Wildman–Crippen MR) is 97.8 cm³/mol. The monoisotopic (exact) mass is 356 g/mol. The Morgan fingerprint density at radius 2 is 2.08 bits per heavy atom. The second-order valence-electron chi connectivity index (χ2n) is 8.27. The molecule has 0 radical (unpaired) electrons. The molecule has 4 fully saturated rings. The van der Waals surface area contributed by atoms with E-state index in [0.29, 0.717) is 23.9 Å². The third-order valence-corrected chi connectivity index (χ3v) is 6.96. The van der Waals surface area contributed by atoms with Gasteiger partial charge in [0.25, 0.3) is 0 Å². The van der Waals surface area contributed by atoms with E-state index in [1.165, 1.54) is 5.56 Å². The van der Waals surface area contributed by atoms with Crippen LogP contribution >= 0.6 is 0 Å². The van der Waals surface area contributed by atoms with E-state index in [4.69, 9.17) is 0 Å². The summed E-state index contributed by atoms with van der Waals surface area (Å²) in [7, 11) is 0. The number of carbonyl (C=O) groups is 1. The van der Waals surface area contributed by atoms with Crippen molar-refractivity contribution in [3.05, 3.63) is 30.1 Å². The van der Waals surface area contributed by atoms with Gasteiger partial charge >= 0.3 is 0 Å². The zero-order valence-electron chi connectivity index (χ0n) is 15.1. The number of carbonyl (C=O) groups excluding carboxylic acids is 1. The van der Waals surface area contributed by atoms with Crippen LogP contribution in [0.1, 0.15) is 37.3 Å². The van der Waals surface area contributed by atoms with Crippen LogP contribution in [0.5, 0.6) is 0 Å². The molecule has 1 aromatic heterocycles. The predicted octanol–water partition coefficient (Wildman–Crippen LogP) is 0.137. The number of rotatable bonds is 2. The van der Waals surface area contributed by atoms with E-state index in [2.05, 4.69) is 37.4 Å². The quantitative estimate of drug-likeness (QED) is 0.604. The number of likely N-dealkylation sites (tertiary alicyclic amines) is 1. The first kappa shape index (κ1) is 16.6. The van der Waals surface area contributed by atoms with Crippen molar-refractivity contribution in [2.24, 2.45) is 11.3 Å². The van der Waals surface area contributed by atoms with Gasteiger partial charge in [-0.05, 0) is 50.4 Å². The van der Waals surface area contributed by atoms with Gasteiger partial charge in [-0.2, -0.15) is 0 Å². The Morgan fingerprint density at radius 3 is 2.88 bits per heavy atom. The molecule has 26 heavy (non-hydrogen) atoms.